The first-order chi connectivity index (χ1) is 8.48. The highest BCUT2D eigenvalue weighted by molar-refractivity contribution is 5.80. The molecule has 0 spiro atoms. The van der Waals surface area contributed by atoms with Crippen LogP contribution < -0.4 is 0 Å². The zero-order chi connectivity index (χ0) is 12.9. The van der Waals surface area contributed by atoms with Crippen LogP contribution in [-0.2, 0) is 11.8 Å². The molecule has 1 heterocycles. The maximum atomic E-state index is 4.25. The Balaban J connectivity index is 2.36. The van der Waals surface area contributed by atoms with Gasteiger partial charge in [-0.25, -0.2) is 0 Å². The van der Waals surface area contributed by atoms with E-state index in [2.05, 4.69) is 50.9 Å². The first-order valence-corrected chi connectivity index (χ1v) is 6.54. The second-order valence-electron chi connectivity index (χ2n) is 6.25. The van der Waals surface area contributed by atoms with E-state index in [0.29, 0.717) is 0 Å². The lowest BCUT2D eigenvalue weighted by atomic mass is 9.79. The molecule has 2 aromatic rings. The van der Waals surface area contributed by atoms with Crippen LogP contribution in [0.5, 0.6) is 0 Å². The molecule has 0 amide bonds. The van der Waals surface area contributed by atoms with E-state index in [9.17, 15) is 0 Å². The summed E-state index contributed by atoms with van der Waals surface area (Å²) in [5.41, 5.74) is 8.72. The molecule has 0 unspecified atom stereocenters. The van der Waals surface area contributed by atoms with Gasteiger partial charge in [0.05, 0.1) is 0 Å². The Labute approximate surface area is 109 Å². The Hall–Kier alpha value is -1.63. The van der Waals surface area contributed by atoms with Crippen molar-refractivity contribution in [3.05, 3.63) is 52.8 Å². The van der Waals surface area contributed by atoms with Gasteiger partial charge in [0.25, 0.3) is 0 Å². The molecule has 1 heteroatoms. The van der Waals surface area contributed by atoms with Crippen LogP contribution in [0.25, 0.3) is 11.1 Å². The molecule has 0 saturated carbocycles. The van der Waals surface area contributed by atoms with Crippen LogP contribution in [0.3, 0.4) is 0 Å². The SMILES string of the molecule is Cc1ccc2c(c1C(C)(C)C)-c1ccncc1C2. The first-order valence-electron chi connectivity index (χ1n) is 6.54. The Bertz CT molecular complexity index is 618. The first kappa shape index (κ1) is 11.5. The molecule has 1 aromatic carbocycles. The molecule has 1 aromatic heterocycles. The average Bonchev–Trinajstić information content (AvgIpc) is 2.66. The summed E-state index contributed by atoms with van der Waals surface area (Å²) in [7, 11) is 0. The number of fused-ring (bicyclic) bond motifs is 3. The maximum absolute atomic E-state index is 4.25. The van der Waals surface area contributed by atoms with Crippen LogP contribution in [0.2, 0.25) is 0 Å². The predicted octanol–water partition coefficient (Wildman–Crippen LogP) is 4.26. The molecule has 0 N–H and O–H groups in total. The molecule has 92 valence electrons. The lowest BCUT2D eigenvalue weighted by Crippen LogP contribution is -2.15. The third-order valence-electron chi connectivity index (χ3n) is 3.80. The molecule has 3 rings (SSSR count). The van der Waals surface area contributed by atoms with Crippen LogP contribution >= 0.6 is 0 Å². The van der Waals surface area contributed by atoms with Crippen molar-refractivity contribution in [2.75, 3.05) is 0 Å². The fourth-order valence-electron chi connectivity index (χ4n) is 3.19. The third-order valence-corrected chi connectivity index (χ3v) is 3.80. The summed E-state index contributed by atoms with van der Waals surface area (Å²) in [4.78, 5) is 4.25. The molecule has 0 radical (unpaired) electrons. The van der Waals surface area contributed by atoms with Gasteiger partial charge in [-0.2, -0.15) is 0 Å². The summed E-state index contributed by atoms with van der Waals surface area (Å²) in [5, 5.41) is 0. The Kier molecular flexibility index (Phi) is 2.34. The minimum absolute atomic E-state index is 0.181. The van der Waals surface area contributed by atoms with Crippen molar-refractivity contribution in [1.82, 2.24) is 4.98 Å². The van der Waals surface area contributed by atoms with Gasteiger partial charge in [-0.05, 0) is 51.8 Å². The van der Waals surface area contributed by atoms with Gasteiger partial charge < -0.3 is 0 Å². The normalized spacial score (nSPS) is 13.3. The summed E-state index contributed by atoms with van der Waals surface area (Å²) in [6, 6.07) is 6.70. The fourth-order valence-corrected chi connectivity index (χ4v) is 3.19. The van der Waals surface area contributed by atoms with Gasteiger partial charge in [-0.3, -0.25) is 4.98 Å². The van der Waals surface area contributed by atoms with Gasteiger partial charge in [0.2, 0.25) is 0 Å². The van der Waals surface area contributed by atoms with Crippen molar-refractivity contribution in [2.45, 2.75) is 39.5 Å². The molecular weight excluding hydrogens is 218 g/mol. The minimum atomic E-state index is 0.181. The highest BCUT2D eigenvalue weighted by Gasteiger charge is 2.28. The number of nitrogens with zero attached hydrogens (tertiary/aromatic N) is 1. The van der Waals surface area contributed by atoms with Crippen LogP contribution in [0.4, 0.5) is 0 Å². The molecule has 0 fully saturated rings. The molecule has 18 heavy (non-hydrogen) atoms. The van der Waals surface area contributed by atoms with Crippen LogP contribution in [0, 0.1) is 6.92 Å². The molecule has 1 aliphatic carbocycles. The Morgan fingerprint density at radius 1 is 1.06 bits per heavy atom. The van der Waals surface area contributed by atoms with E-state index in [1.807, 2.05) is 12.4 Å². The number of rotatable bonds is 0. The van der Waals surface area contributed by atoms with E-state index >= 15 is 0 Å². The second-order valence-corrected chi connectivity index (χ2v) is 6.25. The van der Waals surface area contributed by atoms with E-state index in [1.54, 1.807) is 0 Å². The highest BCUT2D eigenvalue weighted by atomic mass is 14.6. The molecule has 1 nitrogen and oxygen atoms in total. The van der Waals surface area contributed by atoms with Crippen molar-refractivity contribution >= 4 is 0 Å². The van der Waals surface area contributed by atoms with E-state index < -0.39 is 0 Å². The van der Waals surface area contributed by atoms with E-state index in [1.165, 1.54) is 33.4 Å². The quantitative estimate of drug-likeness (QED) is 0.569. The van der Waals surface area contributed by atoms with Gasteiger partial charge >= 0.3 is 0 Å². The van der Waals surface area contributed by atoms with Gasteiger partial charge in [-0.1, -0.05) is 32.9 Å². The summed E-state index contributed by atoms with van der Waals surface area (Å²) in [6.07, 6.45) is 4.95. The van der Waals surface area contributed by atoms with E-state index in [-0.39, 0.29) is 5.41 Å². The van der Waals surface area contributed by atoms with Gasteiger partial charge in [0.15, 0.2) is 0 Å². The average molecular weight is 237 g/mol. The fraction of sp³-hybridized carbons (Fsp3) is 0.353. The monoisotopic (exact) mass is 237 g/mol. The summed E-state index contributed by atoms with van der Waals surface area (Å²) in [5.74, 6) is 0. The maximum Gasteiger partial charge on any atom is 0.0309 e. The largest absolute Gasteiger partial charge is 0.264 e. The molecule has 0 atom stereocenters. The summed E-state index contributed by atoms with van der Waals surface area (Å²) >= 11 is 0. The number of hydrogen-bond donors (Lipinski definition) is 0. The van der Waals surface area contributed by atoms with E-state index in [0.717, 1.165) is 6.42 Å². The molecular formula is C17H19N. The van der Waals surface area contributed by atoms with Gasteiger partial charge in [0.1, 0.15) is 0 Å². The zero-order valence-corrected chi connectivity index (χ0v) is 11.5. The smallest absolute Gasteiger partial charge is 0.0309 e. The van der Waals surface area contributed by atoms with Gasteiger partial charge in [0, 0.05) is 18.8 Å². The predicted molar refractivity (Wildman–Crippen MR) is 75.9 cm³/mol. The minimum Gasteiger partial charge on any atom is -0.264 e. The molecule has 0 bridgehead atoms. The van der Waals surface area contributed by atoms with E-state index in [4.69, 9.17) is 0 Å². The number of aryl methyl sites for hydroxylation is 1. The van der Waals surface area contributed by atoms with Crippen molar-refractivity contribution in [2.24, 2.45) is 0 Å². The van der Waals surface area contributed by atoms with Gasteiger partial charge in [-0.15, -0.1) is 0 Å². The van der Waals surface area contributed by atoms with Crippen molar-refractivity contribution in [1.29, 1.82) is 0 Å². The molecule has 0 saturated heterocycles. The zero-order valence-electron chi connectivity index (χ0n) is 11.5. The van der Waals surface area contributed by atoms with Crippen LogP contribution in [-0.4, -0.2) is 4.98 Å². The lowest BCUT2D eigenvalue weighted by molar-refractivity contribution is 0.587. The van der Waals surface area contributed by atoms with Crippen molar-refractivity contribution < 1.29 is 0 Å². The number of hydrogen-bond acceptors (Lipinski definition) is 1. The number of aromatic nitrogens is 1. The highest BCUT2D eigenvalue weighted by Crippen LogP contribution is 2.43. The topological polar surface area (TPSA) is 12.9 Å². The third kappa shape index (κ3) is 1.58. The van der Waals surface area contributed by atoms with Crippen LogP contribution in [0.15, 0.2) is 30.6 Å². The molecule has 1 aliphatic rings. The Morgan fingerprint density at radius 2 is 1.83 bits per heavy atom. The lowest BCUT2D eigenvalue weighted by Gasteiger charge is -2.25. The summed E-state index contributed by atoms with van der Waals surface area (Å²) < 4.78 is 0. The van der Waals surface area contributed by atoms with Crippen molar-refractivity contribution in [3.63, 3.8) is 0 Å². The van der Waals surface area contributed by atoms with Crippen molar-refractivity contribution in [3.8, 4) is 11.1 Å². The standard InChI is InChI=1S/C17H19N/c1-11-5-6-12-9-13-10-18-8-7-14(13)15(12)16(11)17(2,3)4/h5-8,10H,9H2,1-4H3. The van der Waals surface area contributed by atoms with Crippen LogP contribution in [0.1, 0.15) is 43.0 Å². The number of pyridine rings is 1. The second kappa shape index (κ2) is 3.68. The Morgan fingerprint density at radius 3 is 2.56 bits per heavy atom. The number of benzene rings is 1. The summed E-state index contributed by atoms with van der Waals surface area (Å²) in [6.45, 7) is 9.12. The molecule has 0 aliphatic heterocycles.